The summed E-state index contributed by atoms with van der Waals surface area (Å²) in [6.07, 6.45) is 5.89. The number of benzene rings is 1. The molecule has 0 amide bonds. The lowest BCUT2D eigenvalue weighted by molar-refractivity contribution is -1.03. The monoisotopic (exact) mass is 274 g/mol. The van der Waals surface area contributed by atoms with E-state index in [0.717, 1.165) is 12.0 Å². The number of hydrogen-bond acceptors (Lipinski definition) is 0. The minimum Gasteiger partial charge on any atom is -0.323 e. The fourth-order valence-corrected chi connectivity index (χ4v) is 4.20. The minimum absolute atomic E-state index is 0.968. The average molecular weight is 274 g/mol. The molecule has 2 atom stereocenters. The smallest absolute Gasteiger partial charge is 0.127 e. The molecule has 0 aromatic heterocycles. The summed E-state index contributed by atoms with van der Waals surface area (Å²) in [7, 11) is 0. The third kappa shape index (κ3) is 3.62. The minimum atomic E-state index is 0.968. The molecule has 1 heterocycles. The summed E-state index contributed by atoms with van der Waals surface area (Å²) < 4.78 is 0. The van der Waals surface area contributed by atoms with E-state index < -0.39 is 0 Å². The second kappa shape index (κ2) is 6.73. The maximum atomic E-state index is 2.45. The van der Waals surface area contributed by atoms with Gasteiger partial charge in [-0.05, 0) is 18.8 Å². The number of rotatable bonds is 3. The highest BCUT2D eigenvalue weighted by molar-refractivity contribution is 5.13. The second-order valence-electron chi connectivity index (χ2n) is 7.04. The van der Waals surface area contributed by atoms with Gasteiger partial charge in [-0.25, -0.2) is 0 Å². The predicted octanol–water partition coefficient (Wildman–Crippen LogP) is 0.549. The van der Waals surface area contributed by atoms with Crippen LogP contribution >= 0.6 is 0 Å². The number of nitrogens with one attached hydrogen (secondary N) is 2. The van der Waals surface area contributed by atoms with E-state index in [1.54, 1.807) is 4.90 Å². The first-order chi connectivity index (χ1) is 9.81. The largest absolute Gasteiger partial charge is 0.323 e. The molecule has 20 heavy (non-hydrogen) atoms. The SMILES string of the molecule is C[C@H]1CCC[C@@H]([NH+]2CC[NH+](Cc3ccccc3)CC2)C1. The molecule has 3 rings (SSSR count). The molecule has 0 radical (unpaired) electrons. The van der Waals surface area contributed by atoms with Crippen LogP contribution in [0, 0.1) is 5.92 Å². The predicted molar refractivity (Wildman–Crippen MR) is 83.0 cm³/mol. The second-order valence-corrected chi connectivity index (χ2v) is 7.04. The first kappa shape index (κ1) is 14.1. The summed E-state index contributed by atoms with van der Waals surface area (Å²) in [6, 6.07) is 12.0. The Morgan fingerprint density at radius 1 is 1.00 bits per heavy atom. The quantitative estimate of drug-likeness (QED) is 0.796. The zero-order valence-electron chi connectivity index (χ0n) is 12.9. The summed E-state index contributed by atoms with van der Waals surface area (Å²) in [6.45, 7) is 9.15. The van der Waals surface area contributed by atoms with Crippen molar-refractivity contribution in [1.82, 2.24) is 0 Å². The van der Waals surface area contributed by atoms with Crippen LogP contribution in [0.25, 0.3) is 0 Å². The normalized spacial score (nSPS) is 34.9. The topological polar surface area (TPSA) is 8.88 Å². The molecule has 1 aromatic rings. The molecule has 2 aliphatic rings. The van der Waals surface area contributed by atoms with E-state index in [0.29, 0.717) is 0 Å². The van der Waals surface area contributed by atoms with Crippen molar-refractivity contribution in [3.8, 4) is 0 Å². The summed E-state index contributed by atoms with van der Waals surface area (Å²) in [5, 5.41) is 0. The van der Waals surface area contributed by atoms with Gasteiger partial charge >= 0.3 is 0 Å². The summed E-state index contributed by atoms with van der Waals surface area (Å²) in [5.41, 5.74) is 1.50. The molecule has 1 aliphatic carbocycles. The average Bonchev–Trinajstić information content (AvgIpc) is 2.49. The lowest BCUT2D eigenvalue weighted by atomic mass is 9.86. The van der Waals surface area contributed by atoms with Crippen LogP contribution in [0.4, 0.5) is 0 Å². The lowest BCUT2D eigenvalue weighted by Crippen LogP contribution is -3.29. The van der Waals surface area contributed by atoms with E-state index in [-0.39, 0.29) is 0 Å². The van der Waals surface area contributed by atoms with E-state index in [2.05, 4.69) is 37.3 Å². The Balaban J connectivity index is 1.47. The Labute approximate surface area is 123 Å². The molecule has 1 aromatic carbocycles. The molecule has 2 fully saturated rings. The fourth-order valence-electron chi connectivity index (χ4n) is 4.20. The molecule has 1 aliphatic heterocycles. The number of piperazine rings is 1. The van der Waals surface area contributed by atoms with Gasteiger partial charge in [0.1, 0.15) is 32.7 Å². The Morgan fingerprint density at radius 3 is 2.45 bits per heavy atom. The van der Waals surface area contributed by atoms with Crippen molar-refractivity contribution in [1.29, 1.82) is 0 Å². The molecular weight excluding hydrogens is 244 g/mol. The highest BCUT2D eigenvalue weighted by Crippen LogP contribution is 2.21. The third-order valence-electron chi connectivity index (χ3n) is 5.41. The first-order valence-electron chi connectivity index (χ1n) is 8.53. The molecule has 0 bridgehead atoms. The Hall–Kier alpha value is -0.860. The molecule has 0 spiro atoms. The van der Waals surface area contributed by atoms with Crippen LogP contribution in [0.1, 0.15) is 38.2 Å². The van der Waals surface area contributed by atoms with E-state index >= 15 is 0 Å². The van der Waals surface area contributed by atoms with Crippen LogP contribution in [0.2, 0.25) is 0 Å². The maximum absolute atomic E-state index is 2.45. The molecular formula is C18H30N2+2. The highest BCUT2D eigenvalue weighted by Gasteiger charge is 2.32. The molecule has 110 valence electrons. The standard InChI is InChI=1S/C18H28N2/c1-16-6-5-9-18(14-16)20-12-10-19(11-13-20)15-17-7-3-2-4-8-17/h2-4,7-8,16,18H,5-6,9-15H2,1H3/p+2/t16-,18+/m0/s1. The van der Waals surface area contributed by atoms with Gasteiger partial charge in [0.25, 0.3) is 0 Å². The van der Waals surface area contributed by atoms with E-state index in [9.17, 15) is 0 Å². The summed E-state index contributed by atoms with van der Waals surface area (Å²) in [4.78, 5) is 3.69. The van der Waals surface area contributed by atoms with Gasteiger partial charge < -0.3 is 9.80 Å². The van der Waals surface area contributed by atoms with Crippen molar-refractivity contribution >= 4 is 0 Å². The number of hydrogen-bond donors (Lipinski definition) is 2. The van der Waals surface area contributed by atoms with E-state index in [1.165, 1.54) is 64.0 Å². The van der Waals surface area contributed by atoms with Gasteiger partial charge in [0.15, 0.2) is 0 Å². The Kier molecular flexibility index (Phi) is 4.74. The van der Waals surface area contributed by atoms with Crippen molar-refractivity contribution in [2.24, 2.45) is 5.92 Å². The third-order valence-corrected chi connectivity index (χ3v) is 5.41. The van der Waals surface area contributed by atoms with Crippen molar-refractivity contribution in [2.45, 2.75) is 45.2 Å². The van der Waals surface area contributed by atoms with Crippen molar-refractivity contribution in [3.05, 3.63) is 35.9 Å². The summed E-state index contributed by atoms with van der Waals surface area (Å²) in [5.74, 6) is 0.968. The van der Waals surface area contributed by atoms with Gasteiger partial charge in [-0.1, -0.05) is 43.7 Å². The van der Waals surface area contributed by atoms with Gasteiger partial charge in [-0.3, -0.25) is 0 Å². The summed E-state index contributed by atoms with van der Waals surface area (Å²) >= 11 is 0. The maximum Gasteiger partial charge on any atom is 0.127 e. The van der Waals surface area contributed by atoms with Crippen molar-refractivity contribution in [2.75, 3.05) is 26.2 Å². The van der Waals surface area contributed by atoms with Gasteiger partial charge in [-0.15, -0.1) is 0 Å². The molecule has 2 N–H and O–H groups in total. The molecule has 0 unspecified atom stereocenters. The fraction of sp³-hybridized carbons (Fsp3) is 0.667. The highest BCUT2D eigenvalue weighted by atomic mass is 15.3. The van der Waals surface area contributed by atoms with Gasteiger partial charge in [-0.2, -0.15) is 0 Å². The van der Waals surface area contributed by atoms with Crippen molar-refractivity contribution in [3.63, 3.8) is 0 Å². The van der Waals surface area contributed by atoms with E-state index in [1.807, 2.05) is 4.90 Å². The number of quaternary nitrogens is 2. The van der Waals surface area contributed by atoms with Gasteiger partial charge in [0, 0.05) is 12.0 Å². The zero-order valence-corrected chi connectivity index (χ0v) is 12.9. The van der Waals surface area contributed by atoms with Crippen LogP contribution in [-0.4, -0.2) is 32.2 Å². The van der Waals surface area contributed by atoms with Crippen LogP contribution in [0.5, 0.6) is 0 Å². The van der Waals surface area contributed by atoms with E-state index in [4.69, 9.17) is 0 Å². The van der Waals surface area contributed by atoms with Crippen LogP contribution in [0.3, 0.4) is 0 Å². The van der Waals surface area contributed by atoms with Gasteiger partial charge in [0.2, 0.25) is 0 Å². The van der Waals surface area contributed by atoms with Crippen LogP contribution in [0.15, 0.2) is 30.3 Å². The van der Waals surface area contributed by atoms with Crippen LogP contribution in [-0.2, 0) is 6.54 Å². The van der Waals surface area contributed by atoms with Gasteiger partial charge in [0.05, 0.1) is 6.04 Å². The van der Waals surface area contributed by atoms with Crippen LogP contribution < -0.4 is 9.80 Å². The molecule has 1 saturated heterocycles. The Morgan fingerprint density at radius 2 is 1.75 bits per heavy atom. The molecule has 1 saturated carbocycles. The molecule has 2 nitrogen and oxygen atoms in total. The lowest BCUT2D eigenvalue weighted by Gasteiger charge is -2.37. The molecule has 2 heteroatoms. The van der Waals surface area contributed by atoms with Crippen molar-refractivity contribution < 1.29 is 9.80 Å². The zero-order chi connectivity index (χ0) is 13.8. The Bertz CT molecular complexity index is 395. The first-order valence-corrected chi connectivity index (χ1v) is 8.53.